The summed E-state index contributed by atoms with van der Waals surface area (Å²) in [6.07, 6.45) is 0. The van der Waals surface area contributed by atoms with E-state index in [1.54, 1.807) is 30.3 Å². The number of nitrogens with zero attached hydrogens (tertiary/aromatic N) is 1. The first-order valence-electron chi connectivity index (χ1n) is 7.73. The number of benzene rings is 2. The molecule has 1 aliphatic heterocycles. The van der Waals surface area contributed by atoms with E-state index in [2.05, 4.69) is 5.32 Å². The van der Waals surface area contributed by atoms with Gasteiger partial charge in [-0.3, -0.25) is 9.59 Å². The van der Waals surface area contributed by atoms with E-state index < -0.39 is 6.04 Å². The van der Waals surface area contributed by atoms with Gasteiger partial charge in [-0.15, -0.1) is 0 Å². The number of para-hydroxylation sites is 2. The van der Waals surface area contributed by atoms with Crippen molar-refractivity contribution in [3.63, 3.8) is 0 Å². The van der Waals surface area contributed by atoms with Crippen molar-refractivity contribution < 1.29 is 14.3 Å². The number of rotatable bonds is 5. The van der Waals surface area contributed by atoms with Crippen molar-refractivity contribution in [1.29, 1.82) is 0 Å². The molecule has 1 aliphatic rings. The van der Waals surface area contributed by atoms with Crippen LogP contribution in [0, 0.1) is 0 Å². The molecule has 2 amide bonds. The molecule has 2 aromatic rings. The van der Waals surface area contributed by atoms with E-state index in [0.717, 1.165) is 0 Å². The first kappa shape index (κ1) is 17.6. The molecule has 2 aromatic carbocycles. The molecule has 130 valence electrons. The highest BCUT2D eigenvalue weighted by atomic mass is 35.5. The van der Waals surface area contributed by atoms with Crippen molar-refractivity contribution in [3.8, 4) is 5.75 Å². The number of ether oxygens (including phenoxy) is 1. The smallest absolute Gasteiger partial charge is 0.254 e. The quantitative estimate of drug-likeness (QED) is 0.864. The molecule has 0 fully saturated rings. The van der Waals surface area contributed by atoms with Crippen molar-refractivity contribution in [1.82, 2.24) is 5.32 Å². The maximum atomic E-state index is 12.7. The summed E-state index contributed by atoms with van der Waals surface area (Å²) in [6.45, 7) is 1.91. The van der Waals surface area contributed by atoms with Crippen molar-refractivity contribution in [2.24, 2.45) is 0 Å². The molecule has 0 radical (unpaired) electrons. The van der Waals surface area contributed by atoms with Gasteiger partial charge in [0.25, 0.3) is 5.91 Å². The second-order valence-corrected chi connectivity index (χ2v) is 6.39. The van der Waals surface area contributed by atoms with Gasteiger partial charge in [-0.05, 0) is 18.2 Å². The lowest BCUT2D eigenvalue weighted by atomic mass is 10.1. The molecule has 1 N–H and O–H groups in total. The number of hydrogen-bond acceptors (Lipinski definition) is 3. The number of amides is 2. The van der Waals surface area contributed by atoms with Crippen LogP contribution in [0.5, 0.6) is 5.75 Å². The Morgan fingerprint density at radius 3 is 2.60 bits per heavy atom. The lowest BCUT2D eigenvalue weighted by Gasteiger charge is -2.19. The number of nitrogens with one attached hydrogen (secondary N) is 1. The van der Waals surface area contributed by atoms with E-state index in [-0.39, 0.29) is 25.0 Å². The Bertz CT molecular complexity index is 826. The van der Waals surface area contributed by atoms with Crippen LogP contribution in [-0.4, -0.2) is 25.0 Å². The zero-order valence-corrected chi connectivity index (χ0v) is 15.0. The third-order valence-electron chi connectivity index (χ3n) is 3.87. The standard InChI is InChI=1S/C18H16Cl2N2O3/c1-11(23)21-16-12-5-4-7-14(20)17(12)22(18(16)24)9-10-25-15-8-3-2-6-13(15)19/h2-8,16H,9-10H2,1H3,(H,21,23)/t16-/m0/s1. The Kier molecular flexibility index (Phi) is 5.16. The number of carbonyl (C=O) groups excluding carboxylic acids is 2. The second kappa shape index (κ2) is 7.33. The summed E-state index contributed by atoms with van der Waals surface area (Å²) in [6, 6.07) is 11.7. The Morgan fingerprint density at radius 2 is 1.88 bits per heavy atom. The summed E-state index contributed by atoms with van der Waals surface area (Å²) >= 11 is 12.3. The van der Waals surface area contributed by atoms with Gasteiger partial charge in [-0.25, -0.2) is 0 Å². The number of fused-ring (bicyclic) bond motifs is 1. The van der Waals surface area contributed by atoms with Gasteiger partial charge in [0.2, 0.25) is 5.91 Å². The Hall–Kier alpha value is -2.24. The summed E-state index contributed by atoms with van der Waals surface area (Å²) in [5.74, 6) is 0.0353. The van der Waals surface area contributed by atoms with E-state index in [1.807, 2.05) is 12.1 Å². The molecule has 0 bridgehead atoms. The van der Waals surface area contributed by atoms with Crippen LogP contribution < -0.4 is 15.0 Å². The Balaban J connectivity index is 1.78. The van der Waals surface area contributed by atoms with Crippen LogP contribution in [0.15, 0.2) is 42.5 Å². The second-order valence-electron chi connectivity index (χ2n) is 5.58. The molecule has 1 atom stereocenters. The van der Waals surface area contributed by atoms with E-state index in [1.165, 1.54) is 11.8 Å². The SMILES string of the molecule is CC(=O)N[C@@H]1C(=O)N(CCOc2ccccc2Cl)c2c(Cl)cccc21. The maximum Gasteiger partial charge on any atom is 0.254 e. The van der Waals surface area contributed by atoms with Crippen LogP contribution in [0.4, 0.5) is 5.69 Å². The van der Waals surface area contributed by atoms with E-state index >= 15 is 0 Å². The van der Waals surface area contributed by atoms with Gasteiger partial charge in [0.1, 0.15) is 18.4 Å². The summed E-state index contributed by atoms with van der Waals surface area (Å²) in [7, 11) is 0. The van der Waals surface area contributed by atoms with Crippen LogP contribution in [0.2, 0.25) is 10.0 Å². The summed E-state index contributed by atoms with van der Waals surface area (Å²) < 4.78 is 5.66. The zero-order valence-electron chi connectivity index (χ0n) is 13.5. The van der Waals surface area contributed by atoms with E-state index in [9.17, 15) is 9.59 Å². The minimum atomic E-state index is -0.730. The lowest BCUT2D eigenvalue weighted by Crippen LogP contribution is -2.38. The molecular weight excluding hydrogens is 363 g/mol. The van der Waals surface area contributed by atoms with Gasteiger partial charge in [-0.2, -0.15) is 0 Å². The first-order valence-corrected chi connectivity index (χ1v) is 8.49. The topological polar surface area (TPSA) is 58.6 Å². The predicted octanol–water partition coefficient (Wildman–Crippen LogP) is 3.60. The van der Waals surface area contributed by atoms with Gasteiger partial charge < -0.3 is 15.0 Å². The molecule has 0 saturated carbocycles. The molecule has 7 heteroatoms. The zero-order chi connectivity index (χ0) is 18.0. The van der Waals surface area contributed by atoms with Crippen molar-refractivity contribution in [3.05, 3.63) is 58.1 Å². The summed E-state index contributed by atoms with van der Waals surface area (Å²) in [5, 5.41) is 3.63. The largest absolute Gasteiger partial charge is 0.490 e. The number of anilines is 1. The van der Waals surface area contributed by atoms with Crippen LogP contribution in [0.25, 0.3) is 0 Å². The molecule has 25 heavy (non-hydrogen) atoms. The minimum absolute atomic E-state index is 0.235. The normalized spacial score (nSPS) is 15.9. The molecule has 1 heterocycles. The van der Waals surface area contributed by atoms with Gasteiger partial charge in [0.05, 0.1) is 22.3 Å². The van der Waals surface area contributed by atoms with Crippen molar-refractivity contribution in [2.45, 2.75) is 13.0 Å². The van der Waals surface area contributed by atoms with Gasteiger partial charge in [0, 0.05) is 12.5 Å². The van der Waals surface area contributed by atoms with E-state index in [4.69, 9.17) is 27.9 Å². The first-order chi connectivity index (χ1) is 12.0. The molecule has 0 spiro atoms. The average molecular weight is 379 g/mol. The van der Waals surface area contributed by atoms with Crippen LogP contribution in [0.3, 0.4) is 0 Å². The number of carbonyl (C=O) groups is 2. The van der Waals surface area contributed by atoms with E-state index in [0.29, 0.717) is 27.0 Å². The highest BCUT2D eigenvalue weighted by molar-refractivity contribution is 6.35. The Labute approximate surface area is 155 Å². The van der Waals surface area contributed by atoms with Gasteiger partial charge in [-0.1, -0.05) is 47.5 Å². The predicted molar refractivity (Wildman–Crippen MR) is 97.3 cm³/mol. The fraction of sp³-hybridized carbons (Fsp3) is 0.222. The van der Waals surface area contributed by atoms with Crippen molar-refractivity contribution >= 4 is 40.7 Å². The highest BCUT2D eigenvalue weighted by Gasteiger charge is 2.39. The average Bonchev–Trinajstić information content (AvgIpc) is 2.83. The summed E-state index contributed by atoms with van der Waals surface area (Å²) in [5.41, 5.74) is 1.29. The molecule has 5 nitrogen and oxygen atoms in total. The monoisotopic (exact) mass is 378 g/mol. The summed E-state index contributed by atoms with van der Waals surface area (Å²) in [4.78, 5) is 25.7. The molecule has 0 saturated heterocycles. The van der Waals surface area contributed by atoms with Crippen molar-refractivity contribution in [2.75, 3.05) is 18.1 Å². The third kappa shape index (κ3) is 3.57. The van der Waals surface area contributed by atoms with Crippen LogP contribution >= 0.6 is 23.2 Å². The lowest BCUT2D eigenvalue weighted by molar-refractivity contribution is -0.126. The molecule has 0 unspecified atom stereocenters. The maximum absolute atomic E-state index is 12.7. The Morgan fingerprint density at radius 1 is 1.16 bits per heavy atom. The molecule has 3 rings (SSSR count). The van der Waals surface area contributed by atoms with Gasteiger partial charge in [0.15, 0.2) is 0 Å². The molecule has 0 aromatic heterocycles. The minimum Gasteiger partial charge on any atom is -0.490 e. The molecular formula is C18H16Cl2N2O3. The highest BCUT2D eigenvalue weighted by Crippen LogP contribution is 2.40. The van der Waals surface area contributed by atoms with Gasteiger partial charge >= 0.3 is 0 Å². The fourth-order valence-corrected chi connectivity index (χ4v) is 3.30. The third-order valence-corrected chi connectivity index (χ3v) is 4.49. The van der Waals surface area contributed by atoms with Crippen LogP contribution in [-0.2, 0) is 9.59 Å². The van der Waals surface area contributed by atoms with Crippen LogP contribution in [0.1, 0.15) is 18.5 Å². The number of halogens is 2. The molecule has 0 aliphatic carbocycles. The number of hydrogen-bond donors (Lipinski definition) is 1. The fourth-order valence-electron chi connectivity index (χ4n) is 2.82.